The minimum atomic E-state index is -0.382. The molecule has 4 rings (SSSR count). The van der Waals surface area contributed by atoms with Crippen LogP contribution in [0, 0.1) is 5.82 Å². The minimum absolute atomic E-state index is 0.169. The van der Waals surface area contributed by atoms with Crippen LogP contribution in [0.25, 0.3) is 10.8 Å². The number of carbonyl (C=O) groups excluding carboxylic acids is 1. The zero-order valence-electron chi connectivity index (χ0n) is 17.0. The van der Waals surface area contributed by atoms with Crippen molar-refractivity contribution >= 4 is 16.7 Å². The van der Waals surface area contributed by atoms with Crippen LogP contribution in [0.4, 0.5) is 4.39 Å². The van der Waals surface area contributed by atoms with Crippen molar-refractivity contribution in [2.24, 2.45) is 14.1 Å². The molecule has 1 aromatic carbocycles. The molecule has 7 nitrogen and oxygen atoms in total. The van der Waals surface area contributed by atoms with E-state index in [1.807, 2.05) is 17.8 Å². The van der Waals surface area contributed by atoms with Gasteiger partial charge in [-0.1, -0.05) is 12.1 Å². The quantitative estimate of drug-likeness (QED) is 0.553. The highest BCUT2D eigenvalue weighted by atomic mass is 19.1. The highest BCUT2D eigenvalue weighted by Gasteiger charge is 2.28. The van der Waals surface area contributed by atoms with E-state index in [1.165, 1.54) is 16.7 Å². The summed E-state index contributed by atoms with van der Waals surface area (Å²) < 4.78 is 16.7. The summed E-state index contributed by atoms with van der Waals surface area (Å²) in [5, 5.41) is 1.04. The van der Waals surface area contributed by atoms with Crippen molar-refractivity contribution in [1.29, 1.82) is 0 Å². The van der Waals surface area contributed by atoms with Crippen molar-refractivity contribution in [3.05, 3.63) is 88.4 Å². The smallest absolute Gasteiger partial charge is 0.271 e. The molecule has 3 heterocycles. The Bertz CT molecular complexity index is 1270. The maximum absolute atomic E-state index is 13.4. The van der Waals surface area contributed by atoms with E-state index in [1.54, 1.807) is 55.8 Å². The first-order valence-corrected chi connectivity index (χ1v) is 9.52. The van der Waals surface area contributed by atoms with Crippen molar-refractivity contribution in [1.82, 2.24) is 24.0 Å². The van der Waals surface area contributed by atoms with E-state index < -0.39 is 0 Å². The van der Waals surface area contributed by atoms with Crippen LogP contribution < -0.4 is 5.56 Å². The number of hydrogen-bond acceptors (Lipinski definition) is 3. The van der Waals surface area contributed by atoms with Gasteiger partial charge in [0.15, 0.2) is 0 Å². The number of pyridine rings is 1. The van der Waals surface area contributed by atoms with Crippen LogP contribution in [-0.4, -0.2) is 37.0 Å². The summed E-state index contributed by atoms with van der Waals surface area (Å²) >= 11 is 0. The molecule has 154 valence electrons. The second-order valence-corrected chi connectivity index (χ2v) is 7.38. The average Bonchev–Trinajstić information content (AvgIpc) is 3.36. The normalized spacial score (nSPS) is 12.3. The summed E-state index contributed by atoms with van der Waals surface area (Å²) in [6, 6.07) is 7.59. The molecule has 1 atom stereocenters. The number of nitrogens with one attached hydrogen (secondary N) is 1. The van der Waals surface area contributed by atoms with Gasteiger partial charge in [0, 0.05) is 57.7 Å². The number of nitrogens with zero attached hydrogens (tertiary/aromatic N) is 4. The number of hydrogen-bond donors (Lipinski definition) is 1. The molecule has 0 aliphatic heterocycles. The molecule has 30 heavy (non-hydrogen) atoms. The molecular formula is C22H22FN5O2. The van der Waals surface area contributed by atoms with Gasteiger partial charge in [-0.2, -0.15) is 0 Å². The standard InChI is InChI=1S/C22H22FN5O2/c1-26-11-9-24-20(26)18(12-14-4-6-15(23)7-5-14)28(3)22(30)19-16-8-10-27(2)21(29)17(16)13-25-19/h4-11,13,18,25H,12H2,1-3H3. The lowest BCUT2D eigenvalue weighted by Crippen LogP contribution is -2.34. The van der Waals surface area contributed by atoms with Gasteiger partial charge in [-0.25, -0.2) is 9.37 Å². The molecule has 0 saturated heterocycles. The molecule has 8 heteroatoms. The van der Waals surface area contributed by atoms with E-state index in [-0.39, 0.29) is 23.3 Å². The van der Waals surface area contributed by atoms with Gasteiger partial charge in [0.25, 0.3) is 11.5 Å². The van der Waals surface area contributed by atoms with Crippen molar-refractivity contribution in [2.75, 3.05) is 7.05 Å². The number of rotatable bonds is 5. The van der Waals surface area contributed by atoms with Crippen LogP contribution in [0.5, 0.6) is 0 Å². The van der Waals surface area contributed by atoms with Crippen LogP contribution in [0.1, 0.15) is 27.9 Å². The summed E-state index contributed by atoms with van der Waals surface area (Å²) in [4.78, 5) is 34.7. The van der Waals surface area contributed by atoms with Gasteiger partial charge in [-0.15, -0.1) is 0 Å². The van der Waals surface area contributed by atoms with E-state index in [0.717, 1.165) is 5.56 Å². The van der Waals surface area contributed by atoms with E-state index in [2.05, 4.69) is 9.97 Å². The molecular weight excluding hydrogens is 385 g/mol. The largest absolute Gasteiger partial charge is 0.356 e. The lowest BCUT2D eigenvalue weighted by atomic mass is 10.0. The first-order chi connectivity index (χ1) is 14.4. The lowest BCUT2D eigenvalue weighted by molar-refractivity contribution is 0.0717. The fourth-order valence-corrected chi connectivity index (χ4v) is 3.67. The molecule has 0 aliphatic carbocycles. The summed E-state index contributed by atoms with van der Waals surface area (Å²) in [6.45, 7) is 0. The molecule has 0 saturated carbocycles. The number of halogens is 1. The SMILES string of the molecule is CN(C(=O)c1[nH]cc2c(=O)n(C)ccc12)C(Cc1ccc(F)cc1)c1nccn1C. The second kappa shape index (κ2) is 7.62. The third-order valence-electron chi connectivity index (χ3n) is 5.44. The predicted molar refractivity (Wildman–Crippen MR) is 112 cm³/mol. The first kappa shape index (κ1) is 19.6. The van der Waals surface area contributed by atoms with Gasteiger partial charge in [-0.05, 0) is 23.8 Å². The molecule has 3 aromatic heterocycles. The number of imidazole rings is 1. The predicted octanol–water partition coefficient (Wildman–Crippen LogP) is 2.80. The Morgan fingerprint density at radius 1 is 1.13 bits per heavy atom. The fourth-order valence-electron chi connectivity index (χ4n) is 3.67. The number of fused-ring (bicyclic) bond motifs is 1. The Balaban J connectivity index is 1.72. The van der Waals surface area contributed by atoms with Gasteiger partial charge < -0.3 is 19.0 Å². The lowest BCUT2D eigenvalue weighted by Gasteiger charge is -2.28. The molecule has 4 aromatic rings. The Hall–Kier alpha value is -3.68. The van der Waals surface area contributed by atoms with Gasteiger partial charge >= 0.3 is 0 Å². The number of amides is 1. The van der Waals surface area contributed by atoms with E-state index >= 15 is 0 Å². The molecule has 0 bridgehead atoms. The Kier molecular flexibility index (Phi) is 4.99. The number of aryl methyl sites for hydroxylation is 2. The highest BCUT2D eigenvalue weighted by Crippen LogP contribution is 2.26. The number of benzene rings is 1. The van der Waals surface area contributed by atoms with Crippen molar-refractivity contribution in [2.45, 2.75) is 12.5 Å². The summed E-state index contributed by atoms with van der Waals surface area (Å²) in [5.74, 6) is 0.145. The maximum Gasteiger partial charge on any atom is 0.271 e. The molecule has 0 aliphatic rings. The monoisotopic (exact) mass is 407 g/mol. The van der Waals surface area contributed by atoms with Gasteiger partial charge in [0.05, 0.1) is 11.4 Å². The van der Waals surface area contributed by atoms with Gasteiger partial charge in [-0.3, -0.25) is 9.59 Å². The third-order valence-corrected chi connectivity index (χ3v) is 5.44. The highest BCUT2D eigenvalue weighted by molar-refractivity contribution is 6.05. The van der Waals surface area contributed by atoms with Crippen molar-refractivity contribution in [3.63, 3.8) is 0 Å². The summed E-state index contributed by atoms with van der Waals surface area (Å²) in [5.41, 5.74) is 1.06. The molecule has 1 amide bonds. The summed E-state index contributed by atoms with van der Waals surface area (Å²) in [6.07, 6.45) is 7.17. The van der Waals surface area contributed by atoms with E-state index in [4.69, 9.17) is 0 Å². The number of aromatic nitrogens is 4. The average molecular weight is 407 g/mol. The summed E-state index contributed by atoms with van der Waals surface area (Å²) in [7, 11) is 5.24. The topological polar surface area (TPSA) is 75.9 Å². The third kappa shape index (κ3) is 3.41. The number of carbonyl (C=O) groups is 1. The van der Waals surface area contributed by atoms with Crippen LogP contribution in [0.15, 0.2) is 59.9 Å². The van der Waals surface area contributed by atoms with E-state index in [0.29, 0.717) is 28.7 Å². The molecule has 0 spiro atoms. The zero-order valence-corrected chi connectivity index (χ0v) is 17.0. The molecule has 0 radical (unpaired) electrons. The van der Waals surface area contributed by atoms with Crippen LogP contribution >= 0.6 is 0 Å². The van der Waals surface area contributed by atoms with E-state index in [9.17, 15) is 14.0 Å². The maximum atomic E-state index is 13.4. The Labute approximate surface area is 172 Å². The fraction of sp³-hybridized carbons (Fsp3) is 0.227. The number of likely N-dealkylation sites (N-methyl/N-ethyl adjacent to an activating group) is 1. The minimum Gasteiger partial charge on any atom is -0.356 e. The zero-order chi connectivity index (χ0) is 21.4. The van der Waals surface area contributed by atoms with Crippen LogP contribution in [-0.2, 0) is 20.5 Å². The van der Waals surface area contributed by atoms with Crippen LogP contribution in [0.2, 0.25) is 0 Å². The molecule has 1 N–H and O–H groups in total. The van der Waals surface area contributed by atoms with Crippen molar-refractivity contribution in [3.8, 4) is 0 Å². The molecule has 1 unspecified atom stereocenters. The molecule has 0 fully saturated rings. The number of H-pyrrole nitrogens is 1. The Morgan fingerprint density at radius 2 is 1.87 bits per heavy atom. The second-order valence-electron chi connectivity index (χ2n) is 7.38. The van der Waals surface area contributed by atoms with Crippen LogP contribution in [0.3, 0.4) is 0 Å². The first-order valence-electron chi connectivity index (χ1n) is 9.52. The van der Waals surface area contributed by atoms with Gasteiger partial charge in [0.2, 0.25) is 0 Å². The Morgan fingerprint density at radius 3 is 2.53 bits per heavy atom. The van der Waals surface area contributed by atoms with Crippen molar-refractivity contribution < 1.29 is 9.18 Å². The van der Waals surface area contributed by atoms with Gasteiger partial charge in [0.1, 0.15) is 17.3 Å². The number of aromatic amines is 1.